The van der Waals surface area contributed by atoms with Crippen LogP contribution in [0.3, 0.4) is 0 Å². The van der Waals surface area contributed by atoms with Gasteiger partial charge in [0.15, 0.2) is 0 Å². The number of hydrogen-bond donors (Lipinski definition) is 0. The normalized spacial score (nSPS) is 10.5. The fourth-order valence-electron chi connectivity index (χ4n) is 1.49. The number of nitrogens with zero attached hydrogens (tertiary/aromatic N) is 1. The Morgan fingerprint density at radius 2 is 2.00 bits per heavy atom. The SMILES string of the molecule is CCCCc1coc(-c2ccccc2)n1. The van der Waals surface area contributed by atoms with E-state index < -0.39 is 0 Å². The summed E-state index contributed by atoms with van der Waals surface area (Å²) in [5.74, 6) is 0.724. The standard InChI is InChI=1S/C13H15NO/c1-2-3-9-12-10-15-13(14-12)11-7-5-4-6-8-11/h4-8,10H,2-3,9H2,1H3. The first-order valence-electron chi connectivity index (χ1n) is 5.40. The zero-order chi connectivity index (χ0) is 10.5. The van der Waals surface area contributed by atoms with E-state index in [1.807, 2.05) is 30.3 Å². The minimum Gasteiger partial charge on any atom is -0.444 e. The molecule has 0 fully saturated rings. The van der Waals surface area contributed by atoms with E-state index in [4.69, 9.17) is 4.42 Å². The summed E-state index contributed by atoms with van der Waals surface area (Å²) in [6, 6.07) is 9.99. The Morgan fingerprint density at radius 1 is 1.20 bits per heavy atom. The van der Waals surface area contributed by atoms with Crippen LogP contribution in [-0.4, -0.2) is 4.98 Å². The van der Waals surface area contributed by atoms with Crippen molar-refractivity contribution >= 4 is 0 Å². The molecule has 1 heterocycles. The second-order valence-corrected chi connectivity index (χ2v) is 3.61. The molecule has 1 aromatic carbocycles. The minimum absolute atomic E-state index is 0.724. The average molecular weight is 201 g/mol. The lowest BCUT2D eigenvalue weighted by Crippen LogP contribution is -1.84. The molecule has 0 saturated heterocycles. The van der Waals surface area contributed by atoms with Crippen molar-refractivity contribution in [1.29, 1.82) is 0 Å². The van der Waals surface area contributed by atoms with Gasteiger partial charge in [-0.05, 0) is 25.0 Å². The van der Waals surface area contributed by atoms with E-state index in [2.05, 4.69) is 11.9 Å². The molecule has 0 aliphatic rings. The molecule has 78 valence electrons. The van der Waals surface area contributed by atoms with Crippen molar-refractivity contribution in [2.75, 3.05) is 0 Å². The van der Waals surface area contributed by atoms with Gasteiger partial charge in [0.1, 0.15) is 6.26 Å². The molecule has 0 unspecified atom stereocenters. The van der Waals surface area contributed by atoms with Gasteiger partial charge < -0.3 is 4.42 Å². The molecule has 0 aliphatic carbocycles. The van der Waals surface area contributed by atoms with Crippen molar-refractivity contribution in [1.82, 2.24) is 4.98 Å². The molecule has 1 aromatic heterocycles. The maximum Gasteiger partial charge on any atom is 0.226 e. The van der Waals surface area contributed by atoms with Gasteiger partial charge in [-0.15, -0.1) is 0 Å². The fourth-order valence-corrected chi connectivity index (χ4v) is 1.49. The summed E-state index contributed by atoms with van der Waals surface area (Å²) >= 11 is 0. The van der Waals surface area contributed by atoms with Gasteiger partial charge in [0, 0.05) is 5.56 Å². The Kier molecular flexibility index (Phi) is 3.18. The number of aryl methyl sites for hydroxylation is 1. The van der Waals surface area contributed by atoms with Crippen LogP contribution in [0, 0.1) is 0 Å². The molecule has 2 heteroatoms. The molecule has 0 N–H and O–H groups in total. The predicted octanol–water partition coefficient (Wildman–Crippen LogP) is 3.68. The van der Waals surface area contributed by atoms with Gasteiger partial charge in [0.2, 0.25) is 5.89 Å². The van der Waals surface area contributed by atoms with Crippen molar-refractivity contribution in [3.05, 3.63) is 42.3 Å². The summed E-state index contributed by atoms with van der Waals surface area (Å²) in [7, 11) is 0. The molecule has 0 spiro atoms. The van der Waals surface area contributed by atoms with Gasteiger partial charge >= 0.3 is 0 Å². The third-order valence-corrected chi connectivity index (χ3v) is 2.36. The molecule has 0 aliphatic heterocycles. The van der Waals surface area contributed by atoms with Crippen molar-refractivity contribution in [3.63, 3.8) is 0 Å². The molecule has 0 bridgehead atoms. The number of hydrogen-bond acceptors (Lipinski definition) is 2. The highest BCUT2D eigenvalue weighted by Gasteiger charge is 2.04. The smallest absolute Gasteiger partial charge is 0.226 e. The Balaban J connectivity index is 2.14. The summed E-state index contributed by atoms with van der Waals surface area (Å²) in [5, 5.41) is 0. The highest BCUT2D eigenvalue weighted by Crippen LogP contribution is 2.18. The average Bonchev–Trinajstić information content (AvgIpc) is 2.76. The third-order valence-electron chi connectivity index (χ3n) is 2.36. The molecular formula is C13H15NO. The van der Waals surface area contributed by atoms with Crippen LogP contribution in [0.5, 0.6) is 0 Å². The number of unbranched alkanes of at least 4 members (excludes halogenated alkanes) is 1. The summed E-state index contributed by atoms with van der Waals surface area (Å²) in [6.07, 6.45) is 5.12. The first kappa shape index (κ1) is 9.97. The van der Waals surface area contributed by atoms with Gasteiger partial charge in [-0.2, -0.15) is 0 Å². The molecule has 2 nitrogen and oxygen atoms in total. The van der Waals surface area contributed by atoms with Crippen LogP contribution in [0.4, 0.5) is 0 Å². The van der Waals surface area contributed by atoms with Gasteiger partial charge in [0.25, 0.3) is 0 Å². The van der Waals surface area contributed by atoms with Gasteiger partial charge in [-0.3, -0.25) is 0 Å². The van der Waals surface area contributed by atoms with Gasteiger partial charge in [0.05, 0.1) is 5.69 Å². The van der Waals surface area contributed by atoms with E-state index in [9.17, 15) is 0 Å². The van der Waals surface area contributed by atoms with Gasteiger partial charge in [-0.25, -0.2) is 4.98 Å². The first-order valence-corrected chi connectivity index (χ1v) is 5.40. The van der Waals surface area contributed by atoms with Crippen molar-refractivity contribution in [3.8, 4) is 11.5 Å². The molecule has 0 radical (unpaired) electrons. The topological polar surface area (TPSA) is 26.0 Å². The van der Waals surface area contributed by atoms with Crippen molar-refractivity contribution in [2.45, 2.75) is 26.2 Å². The molecule has 0 saturated carbocycles. The maximum absolute atomic E-state index is 5.44. The lowest BCUT2D eigenvalue weighted by molar-refractivity contribution is 0.572. The molecule has 15 heavy (non-hydrogen) atoms. The van der Waals surface area contributed by atoms with Crippen molar-refractivity contribution < 1.29 is 4.42 Å². The highest BCUT2D eigenvalue weighted by molar-refractivity contribution is 5.52. The van der Waals surface area contributed by atoms with E-state index in [1.165, 1.54) is 12.8 Å². The molecule has 0 atom stereocenters. The maximum atomic E-state index is 5.44. The third kappa shape index (κ3) is 2.46. The number of rotatable bonds is 4. The van der Waals surface area contributed by atoms with Crippen LogP contribution < -0.4 is 0 Å². The Labute approximate surface area is 90.0 Å². The largest absolute Gasteiger partial charge is 0.444 e. The van der Waals surface area contributed by atoms with E-state index in [1.54, 1.807) is 6.26 Å². The molecule has 0 amide bonds. The van der Waals surface area contributed by atoms with E-state index in [0.29, 0.717) is 0 Å². The van der Waals surface area contributed by atoms with Gasteiger partial charge in [-0.1, -0.05) is 31.5 Å². The number of benzene rings is 1. The second kappa shape index (κ2) is 4.78. The predicted molar refractivity (Wildman–Crippen MR) is 60.6 cm³/mol. The summed E-state index contributed by atoms with van der Waals surface area (Å²) in [4.78, 5) is 4.45. The summed E-state index contributed by atoms with van der Waals surface area (Å²) in [6.45, 7) is 2.18. The summed E-state index contributed by atoms with van der Waals surface area (Å²) in [5.41, 5.74) is 2.09. The van der Waals surface area contributed by atoms with E-state index >= 15 is 0 Å². The van der Waals surface area contributed by atoms with E-state index in [-0.39, 0.29) is 0 Å². The number of aromatic nitrogens is 1. The lowest BCUT2D eigenvalue weighted by Gasteiger charge is -1.92. The zero-order valence-corrected chi connectivity index (χ0v) is 8.94. The lowest BCUT2D eigenvalue weighted by atomic mass is 10.2. The zero-order valence-electron chi connectivity index (χ0n) is 8.94. The summed E-state index contributed by atoms with van der Waals surface area (Å²) < 4.78 is 5.44. The van der Waals surface area contributed by atoms with Crippen molar-refractivity contribution in [2.24, 2.45) is 0 Å². The Morgan fingerprint density at radius 3 is 2.73 bits per heavy atom. The quantitative estimate of drug-likeness (QED) is 0.754. The first-order chi connectivity index (χ1) is 7.40. The van der Waals surface area contributed by atoms with E-state index in [0.717, 1.165) is 23.6 Å². The molecule has 2 aromatic rings. The Bertz CT molecular complexity index is 405. The number of oxazole rings is 1. The fraction of sp³-hybridized carbons (Fsp3) is 0.308. The monoisotopic (exact) mass is 201 g/mol. The van der Waals surface area contributed by atoms with Crippen LogP contribution in [0.2, 0.25) is 0 Å². The molecule has 2 rings (SSSR count). The van der Waals surface area contributed by atoms with Crippen LogP contribution >= 0.6 is 0 Å². The highest BCUT2D eigenvalue weighted by atomic mass is 16.3. The van der Waals surface area contributed by atoms with Crippen LogP contribution in [-0.2, 0) is 6.42 Å². The Hall–Kier alpha value is -1.57. The minimum atomic E-state index is 0.724. The van der Waals surface area contributed by atoms with Crippen LogP contribution in [0.1, 0.15) is 25.5 Å². The van der Waals surface area contributed by atoms with Crippen LogP contribution in [0.15, 0.2) is 41.0 Å². The molecular weight excluding hydrogens is 186 g/mol. The van der Waals surface area contributed by atoms with Crippen LogP contribution in [0.25, 0.3) is 11.5 Å². The second-order valence-electron chi connectivity index (χ2n) is 3.61.